The Morgan fingerprint density at radius 2 is 1.14 bits per heavy atom. The molecule has 8 nitrogen and oxygen atoms in total. The predicted octanol–water partition coefficient (Wildman–Crippen LogP) is -9.11. The van der Waals surface area contributed by atoms with Gasteiger partial charge in [-0.25, -0.2) is 0 Å². The third-order valence-corrected chi connectivity index (χ3v) is 0.782. The maximum atomic E-state index is 9.63. The molecule has 2 unspecified atom stereocenters. The van der Waals surface area contributed by atoms with Crippen LogP contribution in [0.4, 0.5) is 0 Å². The molecule has 76 valence electrons. The van der Waals surface area contributed by atoms with E-state index in [9.17, 15) is 19.8 Å². The van der Waals surface area contributed by atoms with Gasteiger partial charge in [0.05, 0.1) is 11.9 Å². The normalized spacial score (nSPS) is 11.3. The number of aliphatic hydroxyl groups is 2. The standard InChI is InChI=1S/C4H6O6.K.H2O.O.Sb/c5-1(3(7)8)2(6)4(9)10;;;;/h1-2,5-6H,(H,7,8)(H,9,10);;1H2;;/q;+1;;-2;+3/p-2. The molecule has 0 saturated heterocycles. The van der Waals surface area contributed by atoms with Gasteiger partial charge in [0.2, 0.25) is 0 Å². The molecule has 0 saturated carbocycles. The maximum Gasteiger partial charge on any atom is 3.00 e. The van der Waals surface area contributed by atoms with Crippen LogP contribution in [0.3, 0.4) is 0 Å². The van der Waals surface area contributed by atoms with E-state index >= 15 is 0 Å². The molecule has 2 radical (unpaired) electrons. The summed E-state index contributed by atoms with van der Waals surface area (Å²) in [5.41, 5.74) is 0. The van der Waals surface area contributed by atoms with Gasteiger partial charge in [-0.05, 0) is 0 Å². The molecule has 0 heterocycles. The molecule has 10 heteroatoms. The molecule has 0 aromatic carbocycles. The smallest absolute Gasteiger partial charge is 2.00 e. The van der Waals surface area contributed by atoms with E-state index < -0.39 is 24.1 Å². The average Bonchev–Trinajstić information content (AvgIpc) is 1.84. The number of hydrogen-bond acceptors (Lipinski definition) is 6. The molecule has 0 aromatic rings. The van der Waals surface area contributed by atoms with Gasteiger partial charge in [-0.1, -0.05) is 0 Å². The minimum Gasteiger partial charge on any atom is -2.00 e. The molecule has 0 fully saturated rings. The zero-order chi connectivity index (χ0) is 8.31. The van der Waals surface area contributed by atoms with Crippen LogP contribution in [0.2, 0.25) is 0 Å². The van der Waals surface area contributed by atoms with Crippen LogP contribution in [0.1, 0.15) is 0 Å². The number of carbonyl (C=O) groups is 2. The van der Waals surface area contributed by atoms with E-state index in [0.717, 1.165) is 0 Å². The third-order valence-electron chi connectivity index (χ3n) is 0.782. The summed E-state index contributed by atoms with van der Waals surface area (Å²) in [6, 6.07) is 0. The van der Waals surface area contributed by atoms with Crippen molar-refractivity contribution < 1.29 is 92.4 Å². The number of carboxylic acids is 2. The van der Waals surface area contributed by atoms with Crippen molar-refractivity contribution >= 4 is 36.4 Å². The molecular weight excluding hydrogens is 337 g/mol. The van der Waals surface area contributed by atoms with Crippen LogP contribution in [-0.2, 0) is 15.1 Å². The second-order valence-electron chi connectivity index (χ2n) is 1.53. The van der Waals surface area contributed by atoms with E-state index in [1.807, 2.05) is 0 Å². The van der Waals surface area contributed by atoms with Crippen molar-refractivity contribution in [2.75, 3.05) is 0 Å². The van der Waals surface area contributed by atoms with E-state index in [4.69, 9.17) is 10.2 Å². The molecule has 4 N–H and O–H groups in total. The van der Waals surface area contributed by atoms with Crippen molar-refractivity contribution in [1.82, 2.24) is 0 Å². The molecule has 0 amide bonds. The second kappa shape index (κ2) is 14.2. The van der Waals surface area contributed by atoms with Gasteiger partial charge in [-0.3, -0.25) is 0 Å². The number of carbonyl (C=O) groups excluding carboxylic acids is 2. The summed E-state index contributed by atoms with van der Waals surface area (Å²) in [7, 11) is 0. The molecule has 0 aliphatic rings. The summed E-state index contributed by atoms with van der Waals surface area (Å²) in [6.45, 7) is 0. The summed E-state index contributed by atoms with van der Waals surface area (Å²) >= 11 is 0. The Hall–Kier alpha value is 1.23. The molecule has 14 heavy (non-hydrogen) atoms. The Morgan fingerprint density at radius 3 is 1.21 bits per heavy atom. The summed E-state index contributed by atoms with van der Waals surface area (Å²) < 4.78 is 0. The van der Waals surface area contributed by atoms with Crippen LogP contribution in [-0.4, -0.2) is 64.3 Å². The Kier molecular flexibility index (Phi) is 30.0. The van der Waals surface area contributed by atoms with E-state index in [0.29, 0.717) is 0 Å². The zero-order valence-corrected chi connectivity index (χ0v) is 12.7. The Labute approximate surface area is 139 Å². The van der Waals surface area contributed by atoms with Crippen LogP contribution in [0, 0.1) is 0 Å². The second-order valence-corrected chi connectivity index (χ2v) is 1.53. The summed E-state index contributed by atoms with van der Waals surface area (Å²) in [4.78, 5) is 19.3. The summed E-state index contributed by atoms with van der Waals surface area (Å²) in [5.74, 6) is -4.12. The summed E-state index contributed by atoms with van der Waals surface area (Å²) in [5, 5.41) is 35.7. The number of aliphatic hydroxyl groups excluding tert-OH is 2. The first-order valence-corrected chi connectivity index (χ1v) is 2.24. The average molecular weight is 343 g/mol. The third kappa shape index (κ3) is 11.3. The minimum atomic E-state index is -2.44. The van der Waals surface area contributed by atoms with E-state index in [-0.39, 0.29) is 86.8 Å². The fraction of sp³-hybridized carbons (Fsp3) is 0.500. The van der Waals surface area contributed by atoms with Crippen LogP contribution in [0.5, 0.6) is 0 Å². The molecule has 0 spiro atoms. The van der Waals surface area contributed by atoms with Gasteiger partial charge < -0.3 is 41.0 Å². The van der Waals surface area contributed by atoms with E-state index in [2.05, 4.69) is 0 Å². The van der Waals surface area contributed by atoms with Gasteiger partial charge in [0.25, 0.3) is 0 Å². The van der Waals surface area contributed by atoms with Gasteiger partial charge in [0.1, 0.15) is 12.2 Å². The Morgan fingerprint density at radius 1 is 1.00 bits per heavy atom. The first kappa shape index (κ1) is 29.5. The van der Waals surface area contributed by atoms with Gasteiger partial charge in [-0.15, -0.1) is 0 Å². The molecule has 0 aliphatic heterocycles. The Balaban J connectivity index is -0.0000000675. The van der Waals surface area contributed by atoms with Gasteiger partial charge in [0.15, 0.2) is 0 Å². The van der Waals surface area contributed by atoms with E-state index in [1.165, 1.54) is 0 Å². The van der Waals surface area contributed by atoms with Crippen molar-refractivity contribution in [2.45, 2.75) is 12.2 Å². The molecular formula is C4H6KO8Sb. The zero-order valence-electron chi connectivity index (χ0n) is 7.04. The number of carboxylic acid groups (broad SMARTS) is 2. The van der Waals surface area contributed by atoms with Gasteiger partial charge >= 0.3 is 75.8 Å². The summed E-state index contributed by atoms with van der Waals surface area (Å²) in [6.07, 6.45) is -4.88. The molecule has 0 aliphatic carbocycles. The number of hydrogen-bond donors (Lipinski definition) is 2. The maximum absolute atomic E-state index is 9.63. The topological polar surface area (TPSA) is 181 Å². The van der Waals surface area contributed by atoms with Crippen molar-refractivity contribution in [3.8, 4) is 0 Å². The quantitative estimate of drug-likeness (QED) is 0.480. The SMILES string of the molecule is O.O=C([O-])C(O)C(O)C(=O)[O-].[K+].[O-2].[Sb+3]. The molecule has 0 rings (SSSR count). The monoisotopic (exact) mass is 342 g/mol. The van der Waals surface area contributed by atoms with Crippen molar-refractivity contribution in [1.29, 1.82) is 0 Å². The van der Waals surface area contributed by atoms with E-state index in [1.54, 1.807) is 0 Å². The first-order chi connectivity index (χ1) is 4.46. The van der Waals surface area contributed by atoms with Crippen LogP contribution in [0.15, 0.2) is 0 Å². The van der Waals surface area contributed by atoms with Crippen molar-refractivity contribution in [3.05, 3.63) is 0 Å². The predicted molar refractivity (Wildman–Crippen MR) is 32.1 cm³/mol. The van der Waals surface area contributed by atoms with Crippen molar-refractivity contribution in [3.63, 3.8) is 0 Å². The fourth-order valence-corrected chi connectivity index (χ4v) is 0.258. The first-order valence-electron chi connectivity index (χ1n) is 2.24. The van der Waals surface area contributed by atoms with Crippen molar-refractivity contribution in [2.24, 2.45) is 0 Å². The van der Waals surface area contributed by atoms with Crippen LogP contribution in [0.25, 0.3) is 0 Å². The van der Waals surface area contributed by atoms with Crippen LogP contribution < -0.4 is 61.6 Å². The molecule has 0 aromatic heterocycles. The number of aliphatic carboxylic acids is 2. The van der Waals surface area contributed by atoms with Gasteiger partial charge in [-0.2, -0.15) is 0 Å². The number of rotatable bonds is 3. The Bertz CT molecular complexity index is 145. The fourth-order valence-electron chi connectivity index (χ4n) is 0.258. The minimum absolute atomic E-state index is 0. The molecule has 2 atom stereocenters. The van der Waals surface area contributed by atoms with Crippen LogP contribution >= 0.6 is 0 Å². The van der Waals surface area contributed by atoms with Gasteiger partial charge in [0, 0.05) is 0 Å². The largest absolute Gasteiger partial charge is 3.00 e. The molecule has 0 bridgehead atoms.